The van der Waals surface area contributed by atoms with E-state index in [2.05, 4.69) is 5.32 Å². The summed E-state index contributed by atoms with van der Waals surface area (Å²) < 4.78 is 13.2. The predicted octanol–water partition coefficient (Wildman–Crippen LogP) is 1.71. The van der Waals surface area contributed by atoms with Gasteiger partial charge in [-0.15, -0.1) is 0 Å². The maximum atomic E-state index is 13.2. The zero-order valence-corrected chi connectivity index (χ0v) is 8.90. The monoisotopic (exact) mass is 227 g/mol. The number of halogens is 1. The Labute approximate surface area is 92.7 Å². The van der Waals surface area contributed by atoms with Crippen LogP contribution in [0.5, 0.6) is 0 Å². The summed E-state index contributed by atoms with van der Waals surface area (Å²) in [5, 5.41) is 20.5. The second-order valence-corrected chi connectivity index (χ2v) is 3.56. The summed E-state index contributed by atoms with van der Waals surface area (Å²) in [5.74, 6) is -2.05. The van der Waals surface area contributed by atoms with Crippen molar-refractivity contribution in [3.8, 4) is 0 Å². The fourth-order valence-electron chi connectivity index (χ4n) is 1.22. The topological polar surface area (TPSA) is 69.6 Å². The van der Waals surface area contributed by atoms with Crippen LogP contribution in [0.15, 0.2) is 18.2 Å². The first-order valence-electron chi connectivity index (χ1n) is 4.95. The van der Waals surface area contributed by atoms with Crippen LogP contribution in [0, 0.1) is 5.82 Å². The highest BCUT2D eigenvalue weighted by atomic mass is 19.1. The molecule has 0 aromatic heterocycles. The molecule has 4 nitrogen and oxygen atoms in total. The molecule has 0 fully saturated rings. The number of anilines is 1. The molecule has 1 aromatic carbocycles. The Hall–Kier alpha value is -1.62. The van der Waals surface area contributed by atoms with E-state index in [1.165, 1.54) is 12.1 Å². The van der Waals surface area contributed by atoms with E-state index < -0.39 is 17.9 Å². The lowest BCUT2D eigenvalue weighted by Crippen LogP contribution is -2.10. The molecular weight excluding hydrogens is 213 g/mol. The van der Waals surface area contributed by atoms with E-state index >= 15 is 0 Å². The lowest BCUT2D eigenvalue weighted by molar-refractivity contribution is 0.0692. The highest BCUT2D eigenvalue weighted by Crippen LogP contribution is 2.14. The van der Waals surface area contributed by atoms with Gasteiger partial charge in [0, 0.05) is 12.2 Å². The van der Waals surface area contributed by atoms with Gasteiger partial charge in [0.25, 0.3) is 0 Å². The van der Waals surface area contributed by atoms with Gasteiger partial charge in [-0.05, 0) is 31.5 Å². The van der Waals surface area contributed by atoms with Gasteiger partial charge in [0.15, 0.2) is 0 Å². The molecule has 5 heteroatoms. The molecule has 3 N–H and O–H groups in total. The first-order valence-corrected chi connectivity index (χ1v) is 4.95. The Morgan fingerprint density at radius 2 is 2.25 bits per heavy atom. The quantitative estimate of drug-likeness (QED) is 0.716. The molecule has 1 rings (SSSR count). The van der Waals surface area contributed by atoms with E-state index in [1.807, 2.05) is 0 Å². The van der Waals surface area contributed by atoms with Crippen molar-refractivity contribution in [2.24, 2.45) is 0 Å². The minimum atomic E-state index is -1.28. The van der Waals surface area contributed by atoms with Gasteiger partial charge in [-0.25, -0.2) is 9.18 Å². The summed E-state index contributed by atoms with van der Waals surface area (Å²) in [6, 6.07) is 3.84. The van der Waals surface area contributed by atoms with Crippen LogP contribution in [0.25, 0.3) is 0 Å². The lowest BCUT2D eigenvalue weighted by atomic mass is 10.2. The van der Waals surface area contributed by atoms with Gasteiger partial charge in [0.2, 0.25) is 0 Å². The van der Waals surface area contributed by atoms with Crippen molar-refractivity contribution in [1.29, 1.82) is 0 Å². The average Bonchev–Trinajstić information content (AvgIpc) is 2.16. The van der Waals surface area contributed by atoms with E-state index in [0.717, 1.165) is 6.07 Å². The van der Waals surface area contributed by atoms with Crippen LogP contribution in [0.1, 0.15) is 23.7 Å². The van der Waals surface area contributed by atoms with Crippen molar-refractivity contribution in [1.82, 2.24) is 0 Å². The fraction of sp³-hybridized carbons (Fsp3) is 0.364. The maximum Gasteiger partial charge on any atom is 0.338 e. The van der Waals surface area contributed by atoms with Crippen LogP contribution in [0.4, 0.5) is 10.1 Å². The van der Waals surface area contributed by atoms with Crippen LogP contribution in [0.2, 0.25) is 0 Å². The molecule has 0 bridgehead atoms. The summed E-state index contributed by atoms with van der Waals surface area (Å²) in [5.41, 5.74) is 0.157. The average molecular weight is 227 g/mol. The van der Waals surface area contributed by atoms with Crippen molar-refractivity contribution >= 4 is 11.7 Å². The van der Waals surface area contributed by atoms with Gasteiger partial charge in [-0.1, -0.05) is 0 Å². The number of aromatic carboxylic acids is 1. The first-order chi connectivity index (χ1) is 7.50. The molecule has 1 aromatic rings. The molecule has 0 saturated carbocycles. The van der Waals surface area contributed by atoms with Crippen molar-refractivity contribution in [3.05, 3.63) is 29.6 Å². The summed E-state index contributed by atoms with van der Waals surface area (Å²) in [4.78, 5) is 10.5. The number of aliphatic hydroxyl groups excluding tert-OH is 1. The largest absolute Gasteiger partial charge is 0.478 e. The number of hydrogen-bond acceptors (Lipinski definition) is 3. The number of hydrogen-bond donors (Lipinski definition) is 3. The van der Waals surface area contributed by atoms with Gasteiger partial charge >= 0.3 is 5.97 Å². The number of benzene rings is 1. The molecule has 0 aliphatic carbocycles. The SMILES string of the molecule is CC(O)CCNc1ccc(C(=O)O)c(F)c1. The number of carboxylic acid groups (broad SMARTS) is 1. The molecule has 0 spiro atoms. The Morgan fingerprint density at radius 1 is 1.56 bits per heavy atom. The third kappa shape index (κ3) is 3.51. The molecule has 16 heavy (non-hydrogen) atoms. The molecule has 0 amide bonds. The van der Waals surface area contributed by atoms with E-state index in [-0.39, 0.29) is 5.56 Å². The van der Waals surface area contributed by atoms with E-state index in [1.54, 1.807) is 6.92 Å². The van der Waals surface area contributed by atoms with Crippen LogP contribution in [-0.2, 0) is 0 Å². The highest BCUT2D eigenvalue weighted by molar-refractivity contribution is 5.88. The third-order valence-corrected chi connectivity index (χ3v) is 2.09. The molecule has 0 aliphatic rings. The molecule has 0 radical (unpaired) electrons. The first kappa shape index (κ1) is 12.4. The minimum absolute atomic E-state index is 0.346. The number of carbonyl (C=O) groups is 1. The molecule has 0 saturated heterocycles. The fourth-order valence-corrected chi connectivity index (χ4v) is 1.22. The van der Waals surface area contributed by atoms with Gasteiger partial charge in [0.05, 0.1) is 11.7 Å². The van der Waals surface area contributed by atoms with Gasteiger partial charge in [-0.3, -0.25) is 0 Å². The van der Waals surface area contributed by atoms with Crippen molar-refractivity contribution < 1.29 is 19.4 Å². The van der Waals surface area contributed by atoms with Gasteiger partial charge < -0.3 is 15.5 Å². The standard InChI is InChI=1S/C11H14FNO3/c1-7(14)4-5-13-8-2-3-9(11(15)16)10(12)6-8/h2-3,6-7,13-14H,4-5H2,1H3,(H,15,16). The third-order valence-electron chi connectivity index (χ3n) is 2.09. The summed E-state index contributed by atoms with van der Waals surface area (Å²) in [7, 11) is 0. The predicted molar refractivity (Wildman–Crippen MR) is 58.1 cm³/mol. The second-order valence-electron chi connectivity index (χ2n) is 3.56. The molecular formula is C11H14FNO3. The Morgan fingerprint density at radius 3 is 2.75 bits per heavy atom. The summed E-state index contributed by atoms with van der Waals surface area (Å²) in [6.45, 7) is 2.17. The van der Waals surface area contributed by atoms with Crippen LogP contribution < -0.4 is 5.32 Å². The second kappa shape index (κ2) is 5.46. The van der Waals surface area contributed by atoms with Crippen LogP contribution in [0.3, 0.4) is 0 Å². The zero-order valence-electron chi connectivity index (χ0n) is 8.90. The van der Waals surface area contributed by atoms with Gasteiger partial charge in [0.1, 0.15) is 5.82 Å². The Kier molecular flexibility index (Phi) is 4.25. The number of aliphatic hydroxyl groups is 1. The van der Waals surface area contributed by atoms with Crippen LogP contribution >= 0.6 is 0 Å². The number of carboxylic acids is 1. The summed E-state index contributed by atoms with van der Waals surface area (Å²) >= 11 is 0. The maximum absolute atomic E-state index is 13.2. The van der Waals surface area contributed by atoms with Crippen molar-refractivity contribution in [3.63, 3.8) is 0 Å². The zero-order chi connectivity index (χ0) is 12.1. The van der Waals surface area contributed by atoms with Crippen molar-refractivity contribution in [2.75, 3.05) is 11.9 Å². The summed E-state index contributed by atoms with van der Waals surface area (Å²) in [6.07, 6.45) is 0.123. The van der Waals surface area contributed by atoms with E-state index in [9.17, 15) is 9.18 Å². The normalized spacial score (nSPS) is 12.2. The Balaban J connectivity index is 2.63. The number of rotatable bonds is 5. The van der Waals surface area contributed by atoms with Gasteiger partial charge in [-0.2, -0.15) is 0 Å². The molecule has 0 heterocycles. The molecule has 0 aliphatic heterocycles. The smallest absolute Gasteiger partial charge is 0.338 e. The Bertz CT molecular complexity index is 379. The van der Waals surface area contributed by atoms with E-state index in [4.69, 9.17) is 10.2 Å². The molecule has 1 unspecified atom stereocenters. The number of nitrogens with one attached hydrogen (secondary N) is 1. The minimum Gasteiger partial charge on any atom is -0.478 e. The lowest BCUT2D eigenvalue weighted by Gasteiger charge is -2.08. The van der Waals surface area contributed by atoms with Crippen LogP contribution in [-0.4, -0.2) is 28.8 Å². The van der Waals surface area contributed by atoms with E-state index in [0.29, 0.717) is 18.7 Å². The highest BCUT2D eigenvalue weighted by Gasteiger charge is 2.09. The van der Waals surface area contributed by atoms with Crippen molar-refractivity contribution in [2.45, 2.75) is 19.4 Å². The molecule has 88 valence electrons. The molecule has 1 atom stereocenters.